The summed E-state index contributed by atoms with van der Waals surface area (Å²) in [4.78, 5) is 25.7. The highest BCUT2D eigenvalue weighted by atomic mass is 32.2. The van der Waals surface area contributed by atoms with Crippen LogP contribution in [0.4, 0.5) is 11.4 Å². The van der Waals surface area contributed by atoms with Crippen LogP contribution in [0.1, 0.15) is 10.4 Å². The molecule has 4 aromatic rings. The summed E-state index contributed by atoms with van der Waals surface area (Å²) in [6.07, 6.45) is 0. The van der Waals surface area contributed by atoms with Gasteiger partial charge in [0.1, 0.15) is 17.2 Å². The number of carbonyl (C=O) groups excluding carboxylic acids is 2. The molecule has 7 heteroatoms. The quantitative estimate of drug-likeness (QED) is 0.266. The zero-order valence-electron chi connectivity index (χ0n) is 19.1. The molecule has 35 heavy (non-hydrogen) atoms. The van der Waals surface area contributed by atoms with Gasteiger partial charge in [0, 0.05) is 21.8 Å². The minimum absolute atomic E-state index is 0.109. The molecule has 176 valence electrons. The highest BCUT2D eigenvalue weighted by Gasteiger charge is 2.08. The number of amides is 2. The Kier molecular flexibility index (Phi) is 8.04. The van der Waals surface area contributed by atoms with E-state index in [0.29, 0.717) is 28.4 Å². The fourth-order valence-electron chi connectivity index (χ4n) is 3.18. The molecule has 0 bridgehead atoms. The van der Waals surface area contributed by atoms with E-state index in [9.17, 15) is 9.59 Å². The Morgan fingerprint density at radius 3 is 2.06 bits per heavy atom. The van der Waals surface area contributed by atoms with Gasteiger partial charge in [-0.3, -0.25) is 9.59 Å². The monoisotopic (exact) mass is 484 g/mol. The third-order valence-corrected chi connectivity index (χ3v) is 5.94. The van der Waals surface area contributed by atoms with Gasteiger partial charge >= 0.3 is 0 Å². The maximum Gasteiger partial charge on any atom is 0.255 e. The largest absolute Gasteiger partial charge is 0.497 e. The van der Waals surface area contributed by atoms with Crippen molar-refractivity contribution in [2.24, 2.45) is 0 Å². The van der Waals surface area contributed by atoms with Gasteiger partial charge in [0.05, 0.1) is 12.9 Å². The first-order valence-electron chi connectivity index (χ1n) is 10.9. The molecule has 0 saturated carbocycles. The molecule has 2 N–H and O–H groups in total. The molecular formula is C28H24N2O4S. The van der Waals surface area contributed by atoms with Gasteiger partial charge in [-0.1, -0.05) is 24.3 Å². The number of nitrogens with one attached hydrogen (secondary N) is 2. The zero-order chi connectivity index (χ0) is 24.5. The number of methoxy groups -OCH3 is 1. The van der Waals surface area contributed by atoms with Gasteiger partial charge in [0.25, 0.3) is 5.91 Å². The molecular weight excluding hydrogens is 460 g/mol. The standard InChI is InChI=1S/C28H24N2O4S/c1-33-25-9-5-6-20(18-25)28(32)30-22-12-16-26(17-13-22)35-19-27(31)29-21-10-14-24(15-11-21)34-23-7-3-2-4-8-23/h2-18H,19H2,1H3,(H,29,31)(H,30,32). The molecule has 0 radical (unpaired) electrons. The van der Waals surface area contributed by atoms with Crippen LogP contribution in [0, 0.1) is 0 Å². The third kappa shape index (κ3) is 7.12. The summed E-state index contributed by atoms with van der Waals surface area (Å²) >= 11 is 1.42. The van der Waals surface area contributed by atoms with E-state index in [1.54, 1.807) is 43.5 Å². The second kappa shape index (κ2) is 11.8. The lowest BCUT2D eigenvalue weighted by atomic mass is 10.2. The van der Waals surface area contributed by atoms with Gasteiger partial charge in [-0.05, 0) is 78.9 Å². The smallest absolute Gasteiger partial charge is 0.255 e. The van der Waals surface area contributed by atoms with E-state index in [4.69, 9.17) is 9.47 Å². The van der Waals surface area contributed by atoms with E-state index in [0.717, 1.165) is 10.6 Å². The van der Waals surface area contributed by atoms with Gasteiger partial charge in [0.15, 0.2) is 0 Å². The van der Waals surface area contributed by atoms with E-state index in [1.807, 2.05) is 66.7 Å². The Morgan fingerprint density at radius 2 is 1.34 bits per heavy atom. The van der Waals surface area contributed by atoms with Crippen LogP contribution in [0.3, 0.4) is 0 Å². The molecule has 0 aliphatic carbocycles. The first-order chi connectivity index (χ1) is 17.1. The molecule has 0 heterocycles. The van der Waals surface area contributed by atoms with E-state index in [1.165, 1.54) is 11.8 Å². The maximum atomic E-state index is 12.4. The number of anilines is 2. The predicted octanol–water partition coefficient (Wildman–Crippen LogP) is 6.47. The fraction of sp³-hybridized carbons (Fsp3) is 0.0714. The summed E-state index contributed by atoms with van der Waals surface area (Å²) in [5.74, 6) is 2.01. The number of thioether (sulfide) groups is 1. The molecule has 0 atom stereocenters. The Labute approximate surface area is 208 Å². The van der Waals surface area contributed by atoms with Crippen molar-refractivity contribution in [2.75, 3.05) is 23.5 Å². The summed E-state index contributed by atoms with van der Waals surface area (Å²) in [5, 5.41) is 5.75. The van der Waals surface area contributed by atoms with E-state index in [2.05, 4.69) is 10.6 Å². The molecule has 0 aliphatic heterocycles. The minimum Gasteiger partial charge on any atom is -0.497 e. The van der Waals surface area contributed by atoms with Crippen molar-refractivity contribution in [1.29, 1.82) is 0 Å². The van der Waals surface area contributed by atoms with Crippen molar-refractivity contribution < 1.29 is 19.1 Å². The van der Waals surface area contributed by atoms with Gasteiger partial charge in [-0.2, -0.15) is 0 Å². The van der Waals surface area contributed by atoms with Crippen LogP contribution in [0.5, 0.6) is 17.2 Å². The van der Waals surface area contributed by atoms with Crippen molar-refractivity contribution in [3.05, 3.63) is 109 Å². The van der Waals surface area contributed by atoms with Crippen molar-refractivity contribution in [1.82, 2.24) is 0 Å². The third-order valence-electron chi connectivity index (χ3n) is 4.93. The number of carbonyl (C=O) groups is 2. The number of hydrogen-bond donors (Lipinski definition) is 2. The second-order valence-electron chi connectivity index (χ2n) is 7.49. The molecule has 0 spiro atoms. The lowest BCUT2D eigenvalue weighted by molar-refractivity contribution is -0.113. The van der Waals surface area contributed by atoms with Crippen LogP contribution in [0.15, 0.2) is 108 Å². The van der Waals surface area contributed by atoms with Crippen LogP contribution in [-0.4, -0.2) is 24.7 Å². The lowest BCUT2D eigenvalue weighted by Gasteiger charge is -2.09. The molecule has 4 aromatic carbocycles. The van der Waals surface area contributed by atoms with Crippen LogP contribution < -0.4 is 20.1 Å². The van der Waals surface area contributed by atoms with Gasteiger partial charge < -0.3 is 20.1 Å². The van der Waals surface area contributed by atoms with Crippen LogP contribution in [-0.2, 0) is 4.79 Å². The first-order valence-corrected chi connectivity index (χ1v) is 11.9. The fourth-order valence-corrected chi connectivity index (χ4v) is 3.88. The Hall–Kier alpha value is -4.23. The maximum absolute atomic E-state index is 12.4. The molecule has 0 fully saturated rings. The average Bonchev–Trinajstić information content (AvgIpc) is 2.90. The molecule has 6 nitrogen and oxygen atoms in total. The molecule has 0 aliphatic rings. The molecule has 0 unspecified atom stereocenters. The Bertz CT molecular complexity index is 1280. The van der Waals surface area contributed by atoms with Crippen LogP contribution in [0.25, 0.3) is 0 Å². The SMILES string of the molecule is COc1cccc(C(=O)Nc2ccc(SCC(=O)Nc3ccc(Oc4ccccc4)cc3)cc2)c1. The summed E-state index contributed by atoms with van der Waals surface area (Å²) < 4.78 is 10.9. The van der Waals surface area contributed by atoms with Crippen molar-refractivity contribution >= 4 is 35.0 Å². The van der Waals surface area contributed by atoms with Crippen molar-refractivity contribution in [3.63, 3.8) is 0 Å². The number of para-hydroxylation sites is 1. The van der Waals surface area contributed by atoms with Crippen molar-refractivity contribution in [2.45, 2.75) is 4.90 Å². The van der Waals surface area contributed by atoms with Gasteiger partial charge in [0.2, 0.25) is 5.91 Å². The topological polar surface area (TPSA) is 76.7 Å². The molecule has 2 amide bonds. The molecule has 0 saturated heterocycles. The highest BCUT2D eigenvalue weighted by Crippen LogP contribution is 2.24. The predicted molar refractivity (Wildman–Crippen MR) is 140 cm³/mol. The van der Waals surface area contributed by atoms with Crippen molar-refractivity contribution in [3.8, 4) is 17.2 Å². The number of rotatable bonds is 9. The van der Waals surface area contributed by atoms with E-state index < -0.39 is 0 Å². The normalized spacial score (nSPS) is 10.3. The highest BCUT2D eigenvalue weighted by molar-refractivity contribution is 8.00. The van der Waals surface area contributed by atoms with Gasteiger partial charge in [-0.25, -0.2) is 0 Å². The summed E-state index contributed by atoms with van der Waals surface area (Å²) in [6.45, 7) is 0. The number of benzene rings is 4. The Balaban J connectivity index is 1.24. The number of hydrogen-bond acceptors (Lipinski definition) is 5. The summed E-state index contributed by atoms with van der Waals surface area (Å²) in [7, 11) is 1.56. The first kappa shape index (κ1) is 23.9. The van der Waals surface area contributed by atoms with Crippen LogP contribution in [0.2, 0.25) is 0 Å². The zero-order valence-corrected chi connectivity index (χ0v) is 19.9. The lowest BCUT2D eigenvalue weighted by Crippen LogP contribution is -2.14. The molecule has 4 rings (SSSR count). The summed E-state index contributed by atoms with van der Waals surface area (Å²) in [5.41, 5.74) is 1.88. The number of ether oxygens (including phenoxy) is 2. The Morgan fingerprint density at radius 1 is 0.714 bits per heavy atom. The average molecular weight is 485 g/mol. The van der Waals surface area contributed by atoms with E-state index in [-0.39, 0.29) is 17.6 Å². The summed E-state index contributed by atoms with van der Waals surface area (Å²) in [6, 6.07) is 31.1. The van der Waals surface area contributed by atoms with Crippen LogP contribution >= 0.6 is 11.8 Å². The van der Waals surface area contributed by atoms with Gasteiger partial charge in [-0.15, -0.1) is 11.8 Å². The minimum atomic E-state index is -0.219. The van der Waals surface area contributed by atoms with E-state index >= 15 is 0 Å². The second-order valence-corrected chi connectivity index (χ2v) is 8.54. The molecule has 0 aromatic heterocycles.